The van der Waals surface area contributed by atoms with Crippen molar-refractivity contribution in [1.82, 2.24) is 5.32 Å². The highest BCUT2D eigenvalue weighted by molar-refractivity contribution is 6.30. The molecule has 1 aromatic carbocycles. The molecule has 20 heavy (non-hydrogen) atoms. The first-order valence-electron chi connectivity index (χ1n) is 7.96. The predicted octanol–water partition coefficient (Wildman–Crippen LogP) is 5.30. The van der Waals surface area contributed by atoms with E-state index in [-0.39, 0.29) is 0 Å². The topological polar surface area (TPSA) is 12.0 Å². The van der Waals surface area contributed by atoms with Crippen LogP contribution in [0, 0.1) is 5.92 Å². The number of hydrogen-bond donors (Lipinski definition) is 1. The second kappa shape index (κ2) is 8.49. The van der Waals surface area contributed by atoms with Crippen LogP contribution in [-0.2, 0) is 0 Å². The van der Waals surface area contributed by atoms with Gasteiger partial charge in [0.1, 0.15) is 0 Å². The van der Waals surface area contributed by atoms with E-state index in [9.17, 15) is 0 Å². The Morgan fingerprint density at radius 2 is 2.10 bits per heavy atom. The summed E-state index contributed by atoms with van der Waals surface area (Å²) in [5.74, 6) is 0.757. The van der Waals surface area contributed by atoms with E-state index < -0.39 is 0 Å². The molecule has 110 valence electrons. The summed E-state index contributed by atoms with van der Waals surface area (Å²) in [6, 6.07) is 8.18. The van der Waals surface area contributed by atoms with E-state index in [1.165, 1.54) is 44.1 Å². The minimum atomic E-state index is 0.757. The quantitative estimate of drug-likeness (QED) is 0.701. The van der Waals surface area contributed by atoms with Crippen molar-refractivity contribution in [3.05, 3.63) is 40.4 Å². The summed E-state index contributed by atoms with van der Waals surface area (Å²) in [5.41, 5.74) is 2.79. The zero-order valence-corrected chi connectivity index (χ0v) is 13.3. The number of hydrogen-bond acceptors (Lipinski definition) is 1. The lowest BCUT2D eigenvalue weighted by atomic mass is 9.83. The second-order valence-corrected chi connectivity index (χ2v) is 6.22. The van der Waals surface area contributed by atoms with E-state index in [4.69, 9.17) is 11.6 Å². The van der Waals surface area contributed by atoms with Crippen LogP contribution < -0.4 is 5.32 Å². The van der Waals surface area contributed by atoms with Crippen molar-refractivity contribution in [3.8, 4) is 0 Å². The Morgan fingerprint density at radius 3 is 2.80 bits per heavy atom. The van der Waals surface area contributed by atoms with Gasteiger partial charge in [-0.3, -0.25) is 0 Å². The third-order valence-corrected chi connectivity index (χ3v) is 4.32. The molecule has 1 aromatic rings. The van der Waals surface area contributed by atoms with Crippen LogP contribution in [0.4, 0.5) is 0 Å². The molecular weight excluding hydrogens is 266 g/mol. The van der Waals surface area contributed by atoms with Gasteiger partial charge in [0.2, 0.25) is 0 Å². The first-order chi connectivity index (χ1) is 9.79. The van der Waals surface area contributed by atoms with Crippen LogP contribution in [0.15, 0.2) is 29.8 Å². The summed E-state index contributed by atoms with van der Waals surface area (Å²) in [5, 5.41) is 4.39. The normalized spacial score (nSPS) is 17.4. The molecule has 1 fully saturated rings. The molecule has 0 unspecified atom stereocenters. The van der Waals surface area contributed by atoms with E-state index >= 15 is 0 Å². The van der Waals surface area contributed by atoms with Crippen LogP contribution >= 0.6 is 11.6 Å². The highest BCUT2D eigenvalue weighted by Crippen LogP contribution is 2.30. The minimum Gasteiger partial charge on any atom is -0.313 e. The Labute approximate surface area is 128 Å². The van der Waals surface area contributed by atoms with Gasteiger partial charge in [0.15, 0.2) is 0 Å². The van der Waals surface area contributed by atoms with Crippen molar-refractivity contribution in [1.29, 1.82) is 0 Å². The van der Waals surface area contributed by atoms with Crippen molar-refractivity contribution in [2.24, 2.45) is 5.92 Å². The maximum Gasteiger partial charge on any atom is 0.0411 e. The molecule has 0 saturated heterocycles. The molecule has 0 atom stereocenters. The molecule has 2 heteroatoms. The summed E-state index contributed by atoms with van der Waals surface area (Å²) in [6.07, 6.45) is 10.4. The standard InChI is InChI=1S/C18H26ClN/c1-2-11-20-14-17(16-8-4-3-5-9-16)12-15-7-6-10-18(19)13-15/h6-7,10,12-13,16,20H,2-5,8-9,11,14H2,1H3/b17-12-. The molecule has 1 aliphatic rings. The first kappa shape index (κ1) is 15.6. The Bertz CT molecular complexity index is 433. The molecule has 0 heterocycles. The molecule has 1 saturated carbocycles. The molecule has 1 N–H and O–H groups in total. The fraction of sp³-hybridized carbons (Fsp3) is 0.556. The van der Waals surface area contributed by atoms with Crippen LogP contribution in [0.1, 0.15) is 51.0 Å². The Kier molecular flexibility index (Phi) is 6.62. The zero-order valence-electron chi connectivity index (χ0n) is 12.5. The van der Waals surface area contributed by atoms with Crippen molar-refractivity contribution in [3.63, 3.8) is 0 Å². The van der Waals surface area contributed by atoms with Gasteiger partial charge in [-0.15, -0.1) is 0 Å². The van der Waals surface area contributed by atoms with Gasteiger partial charge in [-0.2, -0.15) is 0 Å². The molecule has 0 aromatic heterocycles. The van der Waals surface area contributed by atoms with Crippen molar-refractivity contribution in [2.45, 2.75) is 45.4 Å². The number of rotatable bonds is 6. The Hall–Kier alpha value is -0.790. The lowest BCUT2D eigenvalue weighted by Gasteiger charge is -2.25. The van der Waals surface area contributed by atoms with E-state index in [1.54, 1.807) is 5.57 Å². The molecule has 1 aliphatic carbocycles. The maximum absolute atomic E-state index is 6.10. The molecule has 0 bridgehead atoms. The Morgan fingerprint density at radius 1 is 1.30 bits per heavy atom. The van der Waals surface area contributed by atoms with E-state index in [0.29, 0.717) is 0 Å². The van der Waals surface area contributed by atoms with Gasteiger partial charge in [-0.05, 0) is 49.4 Å². The molecule has 0 radical (unpaired) electrons. The average Bonchev–Trinajstić information content (AvgIpc) is 2.47. The summed E-state index contributed by atoms with van der Waals surface area (Å²) in [7, 11) is 0. The van der Waals surface area contributed by atoms with Crippen LogP contribution in [-0.4, -0.2) is 13.1 Å². The highest BCUT2D eigenvalue weighted by atomic mass is 35.5. The van der Waals surface area contributed by atoms with Gasteiger partial charge in [0.25, 0.3) is 0 Å². The number of halogens is 1. The summed E-state index contributed by atoms with van der Waals surface area (Å²) < 4.78 is 0. The second-order valence-electron chi connectivity index (χ2n) is 5.79. The van der Waals surface area contributed by atoms with Crippen LogP contribution in [0.3, 0.4) is 0 Å². The maximum atomic E-state index is 6.10. The average molecular weight is 292 g/mol. The monoisotopic (exact) mass is 291 g/mol. The fourth-order valence-electron chi connectivity index (χ4n) is 3.01. The number of nitrogens with one attached hydrogen (secondary N) is 1. The SMILES string of the molecule is CCCNC/C(=C/c1cccc(Cl)c1)C1CCCCC1. The van der Waals surface area contributed by atoms with Crippen molar-refractivity contribution < 1.29 is 0 Å². The molecule has 1 nitrogen and oxygen atoms in total. The van der Waals surface area contributed by atoms with Gasteiger partial charge < -0.3 is 5.32 Å². The van der Waals surface area contributed by atoms with Gasteiger partial charge in [-0.25, -0.2) is 0 Å². The lowest BCUT2D eigenvalue weighted by Crippen LogP contribution is -2.23. The van der Waals surface area contributed by atoms with Crippen LogP contribution in [0.5, 0.6) is 0 Å². The summed E-state index contributed by atoms with van der Waals surface area (Å²) in [4.78, 5) is 0. The van der Waals surface area contributed by atoms with Gasteiger partial charge in [-0.1, -0.05) is 61.6 Å². The van der Waals surface area contributed by atoms with Gasteiger partial charge >= 0.3 is 0 Å². The Balaban J connectivity index is 2.11. The molecule has 0 amide bonds. The van der Waals surface area contributed by atoms with Crippen molar-refractivity contribution >= 4 is 17.7 Å². The zero-order chi connectivity index (χ0) is 14.2. The first-order valence-corrected chi connectivity index (χ1v) is 8.34. The summed E-state index contributed by atoms with van der Waals surface area (Å²) in [6.45, 7) is 4.33. The van der Waals surface area contributed by atoms with Crippen LogP contribution in [0.2, 0.25) is 5.02 Å². The minimum absolute atomic E-state index is 0.757. The number of benzene rings is 1. The van der Waals surface area contributed by atoms with E-state index in [2.05, 4.69) is 30.4 Å². The molecule has 0 spiro atoms. The fourth-order valence-corrected chi connectivity index (χ4v) is 3.21. The van der Waals surface area contributed by atoms with Crippen LogP contribution in [0.25, 0.3) is 6.08 Å². The smallest absolute Gasteiger partial charge is 0.0411 e. The van der Waals surface area contributed by atoms with Gasteiger partial charge in [0.05, 0.1) is 0 Å². The third kappa shape index (κ3) is 4.96. The summed E-state index contributed by atoms with van der Waals surface area (Å²) >= 11 is 6.10. The van der Waals surface area contributed by atoms with E-state index in [1.807, 2.05) is 12.1 Å². The van der Waals surface area contributed by atoms with Gasteiger partial charge in [0, 0.05) is 11.6 Å². The largest absolute Gasteiger partial charge is 0.313 e. The molecule has 0 aliphatic heterocycles. The third-order valence-electron chi connectivity index (χ3n) is 4.09. The van der Waals surface area contributed by atoms with Crippen molar-refractivity contribution in [2.75, 3.05) is 13.1 Å². The highest BCUT2D eigenvalue weighted by Gasteiger charge is 2.17. The molecule has 2 rings (SSSR count). The molecular formula is C18H26ClN. The predicted molar refractivity (Wildman–Crippen MR) is 89.2 cm³/mol. The lowest BCUT2D eigenvalue weighted by molar-refractivity contribution is 0.396. The van der Waals surface area contributed by atoms with E-state index in [0.717, 1.165) is 24.0 Å².